The summed E-state index contributed by atoms with van der Waals surface area (Å²) in [5.41, 5.74) is 1.60. The Morgan fingerprint density at radius 1 is 1.11 bits per heavy atom. The van der Waals surface area contributed by atoms with Crippen LogP contribution in [0.3, 0.4) is 0 Å². The summed E-state index contributed by atoms with van der Waals surface area (Å²) in [6.45, 7) is 7.67. The van der Waals surface area contributed by atoms with Gasteiger partial charge in [-0.05, 0) is 36.9 Å². The fourth-order valence-electron chi connectivity index (χ4n) is 3.19. The van der Waals surface area contributed by atoms with Gasteiger partial charge in [-0.3, -0.25) is 0 Å². The molecule has 0 spiro atoms. The molecule has 106 valence electrons. The van der Waals surface area contributed by atoms with Gasteiger partial charge >= 0.3 is 0 Å². The molecule has 2 nitrogen and oxygen atoms in total. The summed E-state index contributed by atoms with van der Waals surface area (Å²) in [5.74, 6) is 0. The van der Waals surface area contributed by atoms with Gasteiger partial charge in [-0.25, -0.2) is 0 Å². The van der Waals surface area contributed by atoms with Crippen molar-refractivity contribution in [3.05, 3.63) is 35.9 Å². The molecule has 0 aromatic heterocycles. The summed E-state index contributed by atoms with van der Waals surface area (Å²) in [6.07, 6.45) is 4.79. The van der Waals surface area contributed by atoms with Gasteiger partial charge in [0.1, 0.15) is 0 Å². The van der Waals surface area contributed by atoms with Gasteiger partial charge in [-0.15, -0.1) is 0 Å². The van der Waals surface area contributed by atoms with Crippen LogP contribution < -0.4 is 0 Å². The van der Waals surface area contributed by atoms with Gasteiger partial charge in [0.2, 0.25) is 0 Å². The Morgan fingerprint density at radius 2 is 1.68 bits per heavy atom. The Kier molecular flexibility index (Phi) is 5.00. The molecule has 2 rings (SSSR count). The summed E-state index contributed by atoms with van der Waals surface area (Å²) < 4.78 is 0. The predicted molar refractivity (Wildman–Crippen MR) is 80.1 cm³/mol. The zero-order chi connectivity index (χ0) is 13.7. The SMILES string of the molecule is CCC1(CC)CCN(CC(O)c2ccccc2)CC1. The lowest BCUT2D eigenvalue weighted by Crippen LogP contribution is -2.41. The minimum absolute atomic E-state index is 0.350. The third kappa shape index (κ3) is 3.58. The van der Waals surface area contributed by atoms with E-state index in [0.29, 0.717) is 5.41 Å². The van der Waals surface area contributed by atoms with E-state index in [2.05, 4.69) is 18.7 Å². The van der Waals surface area contributed by atoms with E-state index < -0.39 is 0 Å². The number of likely N-dealkylation sites (tertiary alicyclic amines) is 1. The van der Waals surface area contributed by atoms with Gasteiger partial charge in [0.05, 0.1) is 6.10 Å². The van der Waals surface area contributed by atoms with Crippen LogP contribution in [0, 0.1) is 5.41 Å². The second-order valence-corrected chi connectivity index (χ2v) is 5.93. The zero-order valence-electron chi connectivity index (χ0n) is 12.3. The first-order chi connectivity index (χ1) is 9.19. The van der Waals surface area contributed by atoms with Gasteiger partial charge in [-0.1, -0.05) is 57.0 Å². The Balaban J connectivity index is 1.86. The van der Waals surface area contributed by atoms with E-state index in [1.54, 1.807) is 0 Å². The van der Waals surface area contributed by atoms with Crippen molar-refractivity contribution in [2.75, 3.05) is 19.6 Å². The number of piperidine rings is 1. The average molecular weight is 261 g/mol. The summed E-state index contributed by atoms with van der Waals surface area (Å²) in [5, 5.41) is 10.3. The minimum atomic E-state index is -0.350. The number of benzene rings is 1. The van der Waals surface area contributed by atoms with Crippen molar-refractivity contribution in [1.29, 1.82) is 0 Å². The Hall–Kier alpha value is -0.860. The molecule has 1 heterocycles. The molecule has 1 aliphatic heterocycles. The highest BCUT2D eigenvalue weighted by molar-refractivity contribution is 5.17. The maximum atomic E-state index is 10.3. The average Bonchev–Trinajstić information content (AvgIpc) is 2.49. The van der Waals surface area contributed by atoms with Crippen LogP contribution in [-0.4, -0.2) is 29.6 Å². The first-order valence-electron chi connectivity index (χ1n) is 7.64. The van der Waals surface area contributed by atoms with E-state index in [-0.39, 0.29) is 6.10 Å². The molecule has 1 unspecified atom stereocenters. The molecule has 0 aliphatic carbocycles. The fraction of sp³-hybridized carbons (Fsp3) is 0.647. The van der Waals surface area contributed by atoms with Gasteiger partial charge in [0.25, 0.3) is 0 Å². The lowest BCUT2D eigenvalue weighted by Gasteiger charge is -2.41. The second kappa shape index (κ2) is 6.53. The van der Waals surface area contributed by atoms with Crippen molar-refractivity contribution in [2.45, 2.75) is 45.6 Å². The van der Waals surface area contributed by atoms with Crippen LogP contribution in [0.25, 0.3) is 0 Å². The molecule has 1 N–H and O–H groups in total. The van der Waals surface area contributed by atoms with Crippen molar-refractivity contribution in [3.8, 4) is 0 Å². The lowest BCUT2D eigenvalue weighted by molar-refractivity contribution is 0.0532. The zero-order valence-corrected chi connectivity index (χ0v) is 12.3. The van der Waals surface area contributed by atoms with E-state index in [1.165, 1.54) is 25.7 Å². The number of nitrogens with zero attached hydrogens (tertiary/aromatic N) is 1. The van der Waals surface area contributed by atoms with Crippen LogP contribution in [0.15, 0.2) is 30.3 Å². The van der Waals surface area contributed by atoms with E-state index in [4.69, 9.17) is 0 Å². The smallest absolute Gasteiger partial charge is 0.0916 e. The summed E-state index contributed by atoms with van der Waals surface area (Å²) in [6, 6.07) is 10.0. The van der Waals surface area contributed by atoms with E-state index in [0.717, 1.165) is 25.2 Å². The number of aliphatic hydroxyl groups is 1. The number of hydrogen-bond acceptors (Lipinski definition) is 2. The molecule has 0 radical (unpaired) electrons. The Morgan fingerprint density at radius 3 is 2.21 bits per heavy atom. The first-order valence-corrected chi connectivity index (χ1v) is 7.64. The quantitative estimate of drug-likeness (QED) is 0.875. The van der Waals surface area contributed by atoms with E-state index in [9.17, 15) is 5.11 Å². The third-order valence-corrected chi connectivity index (χ3v) is 5.03. The third-order valence-electron chi connectivity index (χ3n) is 5.03. The molecule has 0 saturated carbocycles. The van der Waals surface area contributed by atoms with Crippen molar-refractivity contribution in [3.63, 3.8) is 0 Å². The molecule has 0 bridgehead atoms. The van der Waals surface area contributed by atoms with Crippen LogP contribution in [0.4, 0.5) is 0 Å². The van der Waals surface area contributed by atoms with Crippen LogP contribution in [-0.2, 0) is 0 Å². The molecule has 0 amide bonds. The fourth-order valence-corrected chi connectivity index (χ4v) is 3.19. The molecule has 1 aromatic rings. The van der Waals surface area contributed by atoms with Gasteiger partial charge in [-0.2, -0.15) is 0 Å². The molecule has 1 fully saturated rings. The van der Waals surface area contributed by atoms with Crippen molar-refractivity contribution < 1.29 is 5.11 Å². The summed E-state index contributed by atoms with van der Waals surface area (Å²) in [7, 11) is 0. The Bertz CT molecular complexity index is 362. The molecule has 1 aromatic carbocycles. The molecule has 1 saturated heterocycles. The number of β-amino-alcohol motifs (C(OH)–C–C–N with tert-alkyl or cyclic N) is 1. The number of aliphatic hydroxyl groups excluding tert-OH is 1. The van der Waals surface area contributed by atoms with Crippen molar-refractivity contribution >= 4 is 0 Å². The molecule has 2 heteroatoms. The largest absolute Gasteiger partial charge is 0.387 e. The topological polar surface area (TPSA) is 23.5 Å². The molecule has 1 aliphatic rings. The first kappa shape index (κ1) is 14.5. The maximum Gasteiger partial charge on any atom is 0.0916 e. The normalized spacial score (nSPS) is 21.2. The van der Waals surface area contributed by atoms with Gasteiger partial charge in [0.15, 0.2) is 0 Å². The monoisotopic (exact) mass is 261 g/mol. The van der Waals surface area contributed by atoms with Gasteiger partial charge < -0.3 is 10.0 Å². The predicted octanol–water partition coefficient (Wildman–Crippen LogP) is 3.62. The molecule has 19 heavy (non-hydrogen) atoms. The summed E-state index contributed by atoms with van der Waals surface area (Å²) in [4.78, 5) is 2.42. The Labute approximate surface area is 117 Å². The number of hydrogen-bond donors (Lipinski definition) is 1. The van der Waals surface area contributed by atoms with E-state index in [1.807, 2.05) is 30.3 Å². The van der Waals surface area contributed by atoms with E-state index >= 15 is 0 Å². The van der Waals surface area contributed by atoms with Crippen LogP contribution in [0.2, 0.25) is 0 Å². The lowest BCUT2D eigenvalue weighted by atomic mass is 9.74. The van der Waals surface area contributed by atoms with Crippen LogP contribution >= 0.6 is 0 Å². The highest BCUT2D eigenvalue weighted by Crippen LogP contribution is 2.38. The molecule has 1 atom stereocenters. The van der Waals surface area contributed by atoms with Crippen molar-refractivity contribution in [1.82, 2.24) is 4.90 Å². The second-order valence-electron chi connectivity index (χ2n) is 5.93. The maximum absolute atomic E-state index is 10.3. The minimum Gasteiger partial charge on any atom is -0.387 e. The molecular weight excluding hydrogens is 234 g/mol. The summed E-state index contributed by atoms with van der Waals surface area (Å²) >= 11 is 0. The van der Waals surface area contributed by atoms with Crippen molar-refractivity contribution in [2.24, 2.45) is 5.41 Å². The molecular formula is C17H27NO. The van der Waals surface area contributed by atoms with Gasteiger partial charge in [0, 0.05) is 6.54 Å². The number of rotatable bonds is 5. The van der Waals surface area contributed by atoms with Crippen LogP contribution in [0.1, 0.15) is 51.2 Å². The highest BCUT2D eigenvalue weighted by Gasteiger charge is 2.31. The standard InChI is InChI=1S/C17H27NO/c1-3-17(4-2)10-12-18(13-11-17)14-16(19)15-8-6-5-7-9-15/h5-9,16,19H,3-4,10-14H2,1-2H3. The van der Waals surface area contributed by atoms with Crippen LogP contribution in [0.5, 0.6) is 0 Å². The highest BCUT2D eigenvalue weighted by atomic mass is 16.3.